The van der Waals surface area contributed by atoms with E-state index in [4.69, 9.17) is 24.3 Å². The minimum atomic E-state index is 0.304. The number of para-hydroxylation sites is 4. The Bertz CT molecular complexity index is 3100. The number of aromatic nitrogens is 5. The van der Waals surface area contributed by atoms with Crippen LogP contribution in [0.15, 0.2) is 170 Å². The molecule has 3 aromatic heterocycles. The van der Waals surface area contributed by atoms with Gasteiger partial charge in [-0.15, -0.1) is 0 Å². The van der Waals surface area contributed by atoms with E-state index < -0.39 is 0 Å². The molecule has 0 unspecified atom stereocenters. The van der Waals surface area contributed by atoms with Crippen LogP contribution in [-0.4, -0.2) is 24.1 Å². The molecule has 0 N–H and O–H groups in total. The van der Waals surface area contributed by atoms with Crippen LogP contribution < -0.4 is 0 Å². The third-order valence-electron chi connectivity index (χ3n) is 9.85. The fourth-order valence-corrected chi connectivity index (χ4v) is 7.53. The molecule has 0 atom stereocenters. The zero-order chi connectivity index (χ0) is 37.0. The van der Waals surface area contributed by atoms with Crippen LogP contribution in [-0.2, 0) is 6.42 Å². The summed E-state index contributed by atoms with van der Waals surface area (Å²) >= 11 is 0. The molecule has 0 aliphatic rings. The predicted octanol–water partition coefficient (Wildman–Crippen LogP) is 11.5. The molecule has 0 saturated heterocycles. The van der Waals surface area contributed by atoms with E-state index in [-0.39, 0.29) is 0 Å². The molecule has 248 valence electrons. The van der Waals surface area contributed by atoms with E-state index in [2.05, 4.69) is 38.2 Å². The van der Waals surface area contributed by atoms with Crippen molar-refractivity contribution in [1.29, 1.82) is 0 Å². The molecule has 0 aliphatic heterocycles. The molecular weight excluding hydrogens is 649 g/mol. The zero-order valence-electron chi connectivity index (χ0n) is 30.4. The Morgan fingerprint density at radius 3 is 1.47 bits per heavy atom. The van der Waals surface area contributed by atoms with Gasteiger partial charge in [0.05, 0.1) is 37.1 Å². The van der Waals surface area contributed by atoms with Crippen molar-refractivity contribution in [3.63, 3.8) is 0 Å². The molecule has 0 aliphatic carbocycles. The molecular formula is C47H30N6. The van der Waals surface area contributed by atoms with Crippen molar-refractivity contribution in [1.82, 2.24) is 24.1 Å². The minimum Gasteiger partial charge on any atom is -0.319 e. The zero-order valence-corrected chi connectivity index (χ0v) is 28.4. The first-order chi connectivity index (χ1) is 27.1. The van der Waals surface area contributed by atoms with Crippen molar-refractivity contribution < 1.29 is 2.74 Å². The summed E-state index contributed by atoms with van der Waals surface area (Å²) in [6.45, 7) is 8.55. The Hall–Kier alpha value is -7.36. The summed E-state index contributed by atoms with van der Waals surface area (Å²) < 4.78 is 22.2. The van der Waals surface area contributed by atoms with E-state index in [9.17, 15) is 0 Å². The summed E-state index contributed by atoms with van der Waals surface area (Å²) in [5.74, 6) is 1.70. The fraction of sp³-hybridized carbons (Fsp3) is 0.0213. The molecule has 6 heteroatoms. The minimum absolute atomic E-state index is 0.304. The summed E-state index contributed by atoms with van der Waals surface area (Å²) in [7, 11) is 0. The molecule has 0 bridgehead atoms. The van der Waals surface area contributed by atoms with Gasteiger partial charge in [-0.2, -0.15) is 0 Å². The SMILES string of the molecule is [2H]c1cccc2c1c1ccccc1n2-c1cc(-n2c3ccccc3c3c([2H])cccc32)c([N+]#[C-])cc1Cc1nc(-c2ccccc2)nc(-c2ccccc2)n1. The van der Waals surface area contributed by atoms with Gasteiger partial charge in [0, 0.05) is 44.8 Å². The van der Waals surface area contributed by atoms with E-state index in [1.807, 2.05) is 133 Å². The van der Waals surface area contributed by atoms with Crippen LogP contribution in [0, 0.1) is 6.57 Å². The van der Waals surface area contributed by atoms with Crippen molar-refractivity contribution in [2.75, 3.05) is 0 Å². The quantitative estimate of drug-likeness (QED) is 0.164. The van der Waals surface area contributed by atoms with Crippen molar-refractivity contribution >= 4 is 49.3 Å². The largest absolute Gasteiger partial charge is 0.319 e. The lowest BCUT2D eigenvalue weighted by Crippen LogP contribution is -2.08. The van der Waals surface area contributed by atoms with E-state index >= 15 is 0 Å². The Labute approximate surface area is 308 Å². The summed E-state index contributed by atoms with van der Waals surface area (Å²) in [6, 6.07) is 52.5. The van der Waals surface area contributed by atoms with E-state index in [1.165, 1.54) is 0 Å². The average molecular weight is 681 g/mol. The van der Waals surface area contributed by atoms with Crippen molar-refractivity contribution in [3.8, 4) is 34.2 Å². The number of fused-ring (bicyclic) bond motifs is 6. The highest BCUT2D eigenvalue weighted by Gasteiger charge is 2.22. The summed E-state index contributed by atoms with van der Waals surface area (Å²) in [5, 5.41) is 3.61. The first-order valence-electron chi connectivity index (χ1n) is 18.5. The smallest absolute Gasteiger partial charge is 0.211 e. The molecule has 0 spiro atoms. The molecule has 0 fully saturated rings. The number of rotatable bonds is 6. The van der Waals surface area contributed by atoms with Gasteiger partial charge >= 0.3 is 0 Å². The van der Waals surface area contributed by atoms with Gasteiger partial charge in [0.25, 0.3) is 0 Å². The topological polar surface area (TPSA) is 52.9 Å². The first kappa shape index (κ1) is 28.3. The maximum atomic E-state index is 8.98. The molecule has 53 heavy (non-hydrogen) atoms. The van der Waals surface area contributed by atoms with Crippen molar-refractivity contribution in [2.45, 2.75) is 6.42 Å². The molecule has 3 heterocycles. The lowest BCUT2D eigenvalue weighted by molar-refractivity contribution is 0.924. The van der Waals surface area contributed by atoms with Gasteiger partial charge in [0.2, 0.25) is 5.69 Å². The second kappa shape index (κ2) is 12.4. The van der Waals surface area contributed by atoms with E-state index in [1.54, 1.807) is 0 Å². The van der Waals surface area contributed by atoms with Gasteiger partial charge in [-0.1, -0.05) is 133 Å². The molecule has 0 amide bonds. The maximum absolute atomic E-state index is 8.98. The van der Waals surface area contributed by atoms with Crippen molar-refractivity contribution in [3.05, 3.63) is 193 Å². The molecule has 0 radical (unpaired) electrons. The highest BCUT2D eigenvalue weighted by atomic mass is 15.0. The predicted molar refractivity (Wildman–Crippen MR) is 215 cm³/mol. The molecule has 7 aromatic carbocycles. The van der Waals surface area contributed by atoms with E-state index in [0.29, 0.717) is 47.4 Å². The van der Waals surface area contributed by atoms with Crippen LogP contribution in [0.4, 0.5) is 5.69 Å². The van der Waals surface area contributed by atoms with Crippen LogP contribution in [0.5, 0.6) is 0 Å². The second-order valence-corrected chi connectivity index (χ2v) is 13.0. The molecule has 10 rings (SSSR count). The van der Waals surface area contributed by atoms with Crippen LogP contribution in [0.1, 0.15) is 14.1 Å². The van der Waals surface area contributed by atoms with Crippen LogP contribution in [0.25, 0.3) is 82.6 Å². The van der Waals surface area contributed by atoms with Gasteiger partial charge in [0.1, 0.15) is 5.82 Å². The first-order valence-corrected chi connectivity index (χ1v) is 17.5. The Balaban J connectivity index is 1.29. The summed E-state index contributed by atoms with van der Waals surface area (Å²) in [5.41, 5.74) is 8.20. The number of nitrogens with zero attached hydrogens (tertiary/aromatic N) is 6. The highest BCUT2D eigenvalue weighted by molar-refractivity contribution is 6.11. The normalized spacial score (nSPS) is 12.0. The Morgan fingerprint density at radius 2 is 0.943 bits per heavy atom. The summed E-state index contributed by atoms with van der Waals surface area (Å²) in [4.78, 5) is 19.1. The number of hydrogen-bond donors (Lipinski definition) is 0. The third kappa shape index (κ3) is 5.06. The Morgan fingerprint density at radius 1 is 0.491 bits per heavy atom. The highest BCUT2D eigenvalue weighted by Crippen LogP contribution is 2.40. The monoisotopic (exact) mass is 680 g/mol. The van der Waals surface area contributed by atoms with E-state index in [0.717, 1.165) is 66.0 Å². The lowest BCUT2D eigenvalue weighted by Gasteiger charge is -2.19. The van der Waals surface area contributed by atoms with Gasteiger partial charge in [-0.3, -0.25) is 0 Å². The molecule has 6 nitrogen and oxygen atoms in total. The fourth-order valence-electron chi connectivity index (χ4n) is 7.53. The Kier molecular flexibility index (Phi) is 6.66. The van der Waals surface area contributed by atoms with Crippen LogP contribution in [0.3, 0.4) is 0 Å². The molecule has 0 saturated carbocycles. The summed E-state index contributed by atoms with van der Waals surface area (Å²) in [6.07, 6.45) is 0.304. The number of hydrogen-bond acceptors (Lipinski definition) is 3. The third-order valence-corrected chi connectivity index (χ3v) is 9.85. The maximum Gasteiger partial charge on any atom is 0.211 e. The van der Waals surface area contributed by atoms with Gasteiger partial charge in [-0.25, -0.2) is 19.8 Å². The van der Waals surface area contributed by atoms with Gasteiger partial charge in [-0.05, 0) is 42.0 Å². The standard InChI is InChI=1S/C47H30N6/c1-48-38-28-33(29-45-49-46(31-16-4-2-5-17-31)51-47(50-45)32-18-6-3-7-19-32)43(52-39-24-12-8-20-34(39)35-21-9-13-25-40(35)52)30-44(38)53-41-26-14-10-22-36(41)37-23-11-15-27-42(37)53/h2-28,30H,29H2/i20D,22D. The van der Waals surface area contributed by atoms with Crippen LogP contribution >= 0.6 is 0 Å². The molecule has 10 aromatic rings. The average Bonchev–Trinajstić information content (AvgIpc) is 3.75. The second-order valence-electron chi connectivity index (χ2n) is 13.0. The van der Waals surface area contributed by atoms with Gasteiger partial charge in [0.15, 0.2) is 11.6 Å². The van der Waals surface area contributed by atoms with Crippen LogP contribution in [0.2, 0.25) is 0 Å². The van der Waals surface area contributed by atoms with Crippen molar-refractivity contribution in [2.24, 2.45) is 0 Å². The van der Waals surface area contributed by atoms with Gasteiger partial charge < -0.3 is 9.13 Å². The number of benzene rings is 7. The lowest BCUT2D eigenvalue weighted by atomic mass is 10.0.